The first kappa shape index (κ1) is 19.5. The van der Waals surface area contributed by atoms with Crippen LogP contribution in [0.2, 0.25) is 0 Å². The zero-order valence-corrected chi connectivity index (χ0v) is 15.0. The van der Waals surface area contributed by atoms with E-state index in [1.54, 1.807) is 11.8 Å². The number of carbonyl (C=O) groups is 2. The molecule has 26 heavy (non-hydrogen) atoms. The number of nitro benzene ring substituents is 1. The van der Waals surface area contributed by atoms with Crippen LogP contribution in [0.3, 0.4) is 0 Å². The van der Waals surface area contributed by atoms with E-state index in [2.05, 4.69) is 0 Å². The van der Waals surface area contributed by atoms with Gasteiger partial charge in [0.05, 0.1) is 11.0 Å². The zero-order valence-electron chi connectivity index (χ0n) is 15.0. The molecule has 1 aromatic rings. The highest BCUT2D eigenvalue weighted by atomic mass is 16.6. The third kappa shape index (κ3) is 3.87. The molecule has 1 fully saturated rings. The molecule has 0 aromatic heterocycles. The van der Waals surface area contributed by atoms with Crippen molar-refractivity contribution in [1.82, 2.24) is 9.80 Å². The standard InChI is InChI=1S/C17H23N3O6/c1-10(2)19(12-5-4-6-18(9-12)17(23)24)16(22)13-8-14(20(25)26)15(21)7-11(13)3/h7-8,10,12,21H,4-6,9H2,1-3H3,(H,23,24)/t12-/m1/s1. The molecule has 0 unspecified atom stereocenters. The summed E-state index contributed by atoms with van der Waals surface area (Å²) in [5.41, 5.74) is 0.0313. The Morgan fingerprint density at radius 2 is 2.04 bits per heavy atom. The van der Waals surface area contributed by atoms with Crippen LogP contribution in [0.4, 0.5) is 10.5 Å². The van der Waals surface area contributed by atoms with Crippen LogP contribution in [0.25, 0.3) is 0 Å². The summed E-state index contributed by atoms with van der Waals surface area (Å²) in [6.07, 6.45) is 0.275. The number of phenolic OH excluding ortho intramolecular Hbond substituents is 1. The molecule has 1 heterocycles. The Balaban J connectivity index is 2.39. The van der Waals surface area contributed by atoms with E-state index in [0.29, 0.717) is 24.9 Å². The highest BCUT2D eigenvalue weighted by molar-refractivity contribution is 5.97. The molecule has 9 nitrogen and oxygen atoms in total. The fraction of sp³-hybridized carbons (Fsp3) is 0.529. The Bertz CT molecular complexity index is 733. The quantitative estimate of drug-likeness (QED) is 0.624. The molecule has 0 radical (unpaired) electrons. The maximum absolute atomic E-state index is 13.1. The lowest BCUT2D eigenvalue weighted by molar-refractivity contribution is -0.385. The summed E-state index contributed by atoms with van der Waals surface area (Å²) in [5.74, 6) is -0.896. The number of carbonyl (C=O) groups excluding carboxylic acids is 1. The fourth-order valence-corrected chi connectivity index (χ4v) is 3.37. The van der Waals surface area contributed by atoms with Crippen LogP contribution in [0, 0.1) is 17.0 Å². The zero-order chi connectivity index (χ0) is 19.6. The van der Waals surface area contributed by atoms with Crippen molar-refractivity contribution in [2.75, 3.05) is 13.1 Å². The molecule has 2 N–H and O–H groups in total. The van der Waals surface area contributed by atoms with E-state index < -0.39 is 28.4 Å². The Hall–Kier alpha value is -2.84. The Kier molecular flexibility index (Phi) is 5.69. The lowest BCUT2D eigenvalue weighted by atomic mass is 9.99. The van der Waals surface area contributed by atoms with Crippen molar-refractivity contribution in [2.24, 2.45) is 0 Å². The Morgan fingerprint density at radius 3 is 2.58 bits per heavy atom. The van der Waals surface area contributed by atoms with Gasteiger partial charge >= 0.3 is 11.8 Å². The minimum absolute atomic E-state index is 0.135. The highest BCUT2D eigenvalue weighted by Gasteiger charge is 2.34. The van der Waals surface area contributed by atoms with Crippen LogP contribution < -0.4 is 0 Å². The Morgan fingerprint density at radius 1 is 1.38 bits per heavy atom. The number of hydrogen-bond donors (Lipinski definition) is 2. The van der Waals surface area contributed by atoms with E-state index in [1.807, 2.05) is 13.8 Å². The van der Waals surface area contributed by atoms with Gasteiger partial charge in [-0.25, -0.2) is 4.79 Å². The molecule has 1 saturated heterocycles. The number of piperidine rings is 1. The van der Waals surface area contributed by atoms with Gasteiger partial charge in [-0.3, -0.25) is 14.9 Å². The third-order valence-corrected chi connectivity index (χ3v) is 4.60. The predicted octanol–water partition coefficient (Wildman–Crippen LogP) is 2.60. The van der Waals surface area contributed by atoms with Crippen LogP contribution >= 0.6 is 0 Å². The fourth-order valence-electron chi connectivity index (χ4n) is 3.37. The average Bonchev–Trinajstić information content (AvgIpc) is 2.54. The first-order chi connectivity index (χ1) is 12.1. The van der Waals surface area contributed by atoms with Gasteiger partial charge in [0.2, 0.25) is 0 Å². The van der Waals surface area contributed by atoms with Gasteiger partial charge in [-0.1, -0.05) is 0 Å². The lowest BCUT2D eigenvalue weighted by Crippen LogP contribution is -2.53. The molecule has 0 spiro atoms. The first-order valence-electron chi connectivity index (χ1n) is 8.42. The van der Waals surface area contributed by atoms with Crippen molar-refractivity contribution in [3.63, 3.8) is 0 Å². The summed E-state index contributed by atoms with van der Waals surface area (Å²) in [6.45, 7) is 5.87. The van der Waals surface area contributed by atoms with Crippen molar-refractivity contribution >= 4 is 17.7 Å². The number of aromatic hydroxyl groups is 1. The van der Waals surface area contributed by atoms with E-state index in [-0.39, 0.29) is 24.2 Å². The number of carboxylic acid groups (broad SMARTS) is 1. The van der Waals surface area contributed by atoms with Gasteiger partial charge < -0.3 is 20.0 Å². The highest BCUT2D eigenvalue weighted by Crippen LogP contribution is 2.31. The number of rotatable bonds is 4. The SMILES string of the molecule is Cc1cc(O)c([N+](=O)[O-])cc1C(=O)N(C(C)C)[C@@H]1CCCN(C(=O)O)C1. The molecule has 1 aliphatic rings. The summed E-state index contributed by atoms with van der Waals surface area (Å²) in [7, 11) is 0. The number of nitro groups is 1. The predicted molar refractivity (Wildman–Crippen MR) is 93.4 cm³/mol. The van der Waals surface area contributed by atoms with Crippen molar-refractivity contribution in [3.8, 4) is 5.75 Å². The molecule has 1 aromatic carbocycles. The van der Waals surface area contributed by atoms with Gasteiger partial charge in [-0.05, 0) is 45.2 Å². The molecule has 1 aliphatic heterocycles. The number of amides is 2. The third-order valence-electron chi connectivity index (χ3n) is 4.60. The first-order valence-corrected chi connectivity index (χ1v) is 8.42. The number of phenols is 1. The summed E-state index contributed by atoms with van der Waals surface area (Å²) >= 11 is 0. The van der Waals surface area contributed by atoms with Gasteiger partial charge in [-0.15, -0.1) is 0 Å². The van der Waals surface area contributed by atoms with E-state index in [4.69, 9.17) is 0 Å². The van der Waals surface area contributed by atoms with E-state index >= 15 is 0 Å². The second-order valence-electron chi connectivity index (χ2n) is 6.74. The largest absolute Gasteiger partial charge is 0.502 e. The molecular weight excluding hydrogens is 342 g/mol. The number of likely N-dealkylation sites (tertiary alicyclic amines) is 1. The molecule has 0 saturated carbocycles. The van der Waals surface area contributed by atoms with Crippen LogP contribution in [0.1, 0.15) is 42.6 Å². The van der Waals surface area contributed by atoms with Crippen LogP contribution in [-0.2, 0) is 0 Å². The Labute approximate surface area is 151 Å². The smallest absolute Gasteiger partial charge is 0.407 e. The number of nitrogens with zero attached hydrogens (tertiary/aromatic N) is 3. The number of benzene rings is 1. The summed E-state index contributed by atoms with van der Waals surface area (Å²) < 4.78 is 0. The van der Waals surface area contributed by atoms with E-state index in [0.717, 1.165) is 6.07 Å². The average molecular weight is 365 g/mol. The van der Waals surface area contributed by atoms with Gasteiger partial charge in [0.15, 0.2) is 5.75 Å². The van der Waals surface area contributed by atoms with Crippen LogP contribution in [-0.4, -0.2) is 62.1 Å². The second-order valence-corrected chi connectivity index (χ2v) is 6.74. The van der Waals surface area contributed by atoms with Crippen molar-refractivity contribution in [3.05, 3.63) is 33.4 Å². The second kappa shape index (κ2) is 7.59. The molecule has 142 valence electrons. The summed E-state index contributed by atoms with van der Waals surface area (Å²) in [4.78, 5) is 37.6. The van der Waals surface area contributed by atoms with Gasteiger partial charge in [0.25, 0.3) is 5.91 Å². The minimum Gasteiger partial charge on any atom is -0.502 e. The molecule has 2 rings (SSSR count). The summed E-state index contributed by atoms with van der Waals surface area (Å²) in [5, 5.41) is 30.0. The molecule has 0 bridgehead atoms. The van der Waals surface area contributed by atoms with Gasteiger partial charge in [0.1, 0.15) is 0 Å². The van der Waals surface area contributed by atoms with E-state index in [9.17, 15) is 29.9 Å². The monoisotopic (exact) mass is 365 g/mol. The molecular formula is C17H23N3O6. The lowest BCUT2D eigenvalue weighted by Gasteiger charge is -2.40. The normalized spacial score (nSPS) is 17.2. The molecule has 9 heteroatoms. The van der Waals surface area contributed by atoms with Gasteiger partial charge in [-0.2, -0.15) is 0 Å². The van der Waals surface area contributed by atoms with Crippen LogP contribution in [0.5, 0.6) is 5.75 Å². The maximum Gasteiger partial charge on any atom is 0.407 e. The van der Waals surface area contributed by atoms with Crippen LogP contribution in [0.15, 0.2) is 12.1 Å². The van der Waals surface area contributed by atoms with Crippen molar-refractivity contribution < 1.29 is 24.7 Å². The van der Waals surface area contributed by atoms with E-state index in [1.165, 1.54) is 11.0 Å². The van der Waals surface area contributed by atoms with Crippen molar-refractivity contribution in [2.45, 2.75) is 45.7 Å². The molecule has 1 atom stereocenters. The summed E-state index contributed by atoms with van der Waals surface area (Å²) in [6, 6.07) is 1.77. The topological polar surface area (TPSA) is 124 Å². The van der Waals surface area contributed by atoms with Crippen molar-refractivity contribution in [1.29, 1.82) is 0 Å². The number of aryl methyl sites for hydroxylation is 1. The molecule has 2 amide bonds. The van der Waals surface area contributed by atoms with Gasteiger partial charge in [0, 0.05) is 30.8 Å². The molecule has 0 aliphatic carbocycles. The number of hydrogen-bond acceptors (Lipinski definition) is 5. The maximum atomic E-state index is 13.1. The minimum atomic E-state index is -1.03.